The van der Waals surface area contributed by atoms with Gasteiger partial charge in [0.1, 0.15) is 22.9 Å². The van der Waals surface area contributed by atoms with Crippen molar-refractivity contribution in [1.82, 2.24) is 0 Å². The van der Waals surface area contributed by atoms with Crippen LogP contribution in [0.25, 0.3) is 0 Å². The molecule has 0 aromatic heterocycles. The number of carbonyl (C=O) groups is 1. The summed E-state index contributed by atoms with van der Waals surface area (Å²) in [5.74, 6) is -1.09. The Labute approximate surface area is 120 Å². The minimum absolute atomic E-state index is 0.0309. The summed E-state index contributed by atoms with van der Waals surface area (Å²) in [5, 5.41) is 32.3. The van der Waals surface area contributed by atoms with Crippen LogP contribution in [0.3, 0.4) is 0 Å². The molecule has 2 N–H and O–H groups in total. The highest BCUT2D eigenvalue weighted by Gasteiger charge is 2.41. The number of hydrogen-bond acceptors (Lipinski definition) is 6. The van der Waals surface area contributed by atoms with Crippen molar-refractivity contribution in [2.45, 2.75) is 18.4 Å². The van der Waals surface area contributed by atoms with E-state index in [1.807, 2.05) is 0 Å². The average molecular weight is 291 g/mol. The summed E-state index contributed by atoms with van der Waals surface area (Å²) < 4.78 is 5.15. The lowest BCUT2D eigenvalue weighted by atomic mass is 9.89. The maximum atomic E-state index is 11.6. The number of nitriles is 1. The highest BCUT2D eigenvalue weighted by molar-refractivity contribution is 5.85. The molecule has 0 bridgehead atoms. The molecule has 2 rings (SSSR count). The summed E-state index contributed by atoms with van der Waals surface area (Å²) in [7, 11) is 0. The molecule has 8 nitrogen and oxygen atoms in total. The van der Waals surface area contributed by atoms with Crippen molar-refractivity contribution in [3.8, 4) is 6.07 Å². The van der Waals surface area contributed by atoms with Crippen LogP contribution in [0, 0.1) is 21.4 Å². The first kappa shape index (κ1) is 14.7. The number of hydrogen-bond donors (Lipinski definition) is 2. The van der Waals surface area contributed by atoms with Gasteiger partial charge in [-0.25, -0.2) is 4.79 Å². The normalized spacial score (nSPS) is 16.7. The second-order valence-corrected chi connectivity index (χ2v) is 4.70. The van der Waals surface area contributed by atoms with Gasteiger partial charge >= 0.3 is 11.7 Å². The van der Waals surface area contributed by atoms with E-state index in [4.69, 9.17) is 10.00 Å². The van der Waals surface area contributed by atoms with Crippen LogP contribution in [0.4, 0.5) is 11.4 Å². The van der Waals surface area contributed by atoms with Gasteiger partial charge in [0.05, 0.1) is 4.92 Å². The van der Waals surface area contributed by atoms with E-state index in [2.05, 4.69) is 5.32 Å². The number of nitrogens with zero attached hydrogens (tertiary/aromatic N) is 2. The molecule has 0 amide bonds. The average Bonchev–Trinajstić information content (AvgIpc) is 2.47. The topological polar surface area (TPSA) is 125 Å². The fraction of sp³-hybridized carbons (Fsp3) is 0.385. The third kappa shape index (κ3) is 2.78. The summed E-state index contributed by atoms with van der Waals surface area (Å²) in [4.78, 5) is 22.0. The predicted molar refractivity (Wildman–Crippen MR) is 71.9 cm³/mol. The lowest BCUT2D eigenvalue weighted by Crippen LogP contribution is -2.50. The molecule has 0 atom stereocenters. The lowest BCUT2D eigenvalue weighted by molar-refractivity contribution is -0.384. The molecule has 110 valence electrons. The summed E-state index contributed by atoms with van der Waals surface area (Å²) in [6.07, 6.45) is 0.381. The number of rotatable bonds is 4. The van der Waals surface area contributed by atoms with Gasteiger partial charge in [-0.3, -0.25) is 10.1 Å². The second kappa shape index (κ2) is 5.76. The number of nitro benzene ring substituents is 1. The number of carboxylic acid groups (broad SMARTS) is 1. The largest absolute Gasteiger partial charge is 0.480 e. The van der Waals surface area contributed by atoms with E-state index in [0.717, 1.165) is 0 Å². The van der Waals surface area contributed by atoms with Gasteiger partial charge in [0.15, 0.2) is 0 Å². The molecule has 0 unspecified atom stereocenters. The molecule has 1 aromatic rings. The van der Waals surface area contributed by atoms with Crippen molar-refractivity contribution in [3.05, 3.63) is 33.9 Å². The minimum atomic E-state index is -1.32. The first-order valence-corrected chi connectivity index (χ1v) is 6.27. The first-order valence-electron chi connectivity index (χ1n) is 6.27. The van der Waals surface area contributed by atoms with E-state index in [-0.39, 0.29) is 37.3 Å². The van der Waals surface area contributed by atoms with Gasteiger partial charge < -0.3 is 15.2 Å². The van der Waals surface area contributed by atoms with E-state index in [1.165, 1.54) is 18.2 Å². The fourth-order valence-electron chi connectivity index (χ4n) is 2.30. The number of nitro groups is 1. The molecule has 1 aromatic carbocycles. The number of anilines is 1. The number of nitrogens with one attached hydrogen (secondary N) is 1. The van der Waals surface area contributed by atoms with Crippen LogP contribution in [0.15, 0.2) is 18.2 Å². The summed E-state index contributed by atoms with van der Waals surface area (Å²) in [5.41, 5.74) is -1.81. The maximum absolute atomic E-state index is 11.6. The van der Waals surface area contributed by atoms with Crippen LogP contribution in [0.2, 0.25) is 0 Å². The third-order valence-corrected chi connectivity index (χ3v) is 3.47. The Morgan fingerprint density at radius 2 is 2.14 bits per heavy atom. The van der Waals surface area contributed by atoms with E-state index in [1.54, 1.807) is 6.07 Å². The molecule has 1 heterocycles. The lowest BCUT2D eigenvalue weighted by Gasteiger charge is -2.34. The molecule has 0 radical (unpaired) electrons. The van der Waals surface area contributed by atoms with E-state index < -0.39 is 22.1 Å². The zero-order valence-electron chi connectivity index (χ0n) is 11.0. The SMILES string of the molecule is N#Cc1cccc(NC2(C(=O)O)CCOCC2)c1[N+](=O)[O-]. The van der Waals surface area contributed by atoms with E-state index in [9.17, 15) is 20.0 Å². The molecule has 1 saturated heterocycles. The van der Waals surface area contributed by atoms with Crippen molar-refractivity contribution in [1.29, 1.82) is 5.26 Å². The molecule has 0 aliphatic carbocycles. The van der Waals surface area contributed by atoms with Gasteiger partial charge in [0, 0.05) is 26.1 Å². The van der Waals surface area contributed by atoms with Gasteiger partial charge in [-0.15, -0.1) is 0 Å². The van der Waals surface area contributed by atoms with Crippen molar-refractivity contribution >= 4 is 17.3 Å². The standard InChI is InChI=1S/C13H13N3O5/c14-8-9-2-1-3-10(11(9)16(19)20)15-13(12(17)18)4-6-21-7-5-13/h1-3,15H,4-7H2,(H,17,18). The van der Waals surface area contributed by atoms with Crippen molar-refractivity contribution in [3.63, 3.8) is 0 Å². The smallest absolute Gasteiger partial charge is 0.329 e. The fourth-order valence-corrected chi connectivity index (χ4v) is 2.30. The van der Waals surface area contributed by atoms with Crippen LogP contribution in [-0.2, 0) is 9.53 Å². The van der Waals surface area contributed by atoms with Gasteiger partial charge in [-0.1, -0.05) is 6.07 Å². The van der Waals surface area contributed by atoms with Crippen LogP contribution in [0.5, 0.6) is 0 Å². The van der Waals surface area contributed by atoms with Crippen LogP contribution in [-0.4, -0.2) is 34.8 Å². The Morgan fingerprint density at radius 3 is 2.67 bits per heavy atom. The Bertz CT molecular complexity index is 617. The molecule has 1 fully saturated rings. The summed E-state index contributed by atoms with van der Waals surface area (Å²) in [6.45, 7) is 0.510. The zero-order chi connectivity index (χ0) is 15.5. The van der Waals surface area contributed by atoms with Crippen LogP contribution < -0.4 is 5.32 Å². The molecule has 0 saturated carbocycles. The monoisotopic (exact) mass is 291 g/mol. The van der Waals surface area contributed by atoms with Crippen LogP contribution >= 0.6 is 0 Å². The highest BCUT2D eigenvalue weighted by atomic mass is 16.6. The third-order valence-electron chi connectivity index (χ3n) is 3.47. The summed E-state index contributed by atoms with van der Waals surface area (Å²) in [6, 6.07) is 5.94. The number of benzene rings is 1. The van der Waals surface area contributed by atoms with Gasteiger partial charge in [-0.2, -0.15) is 5.26 Å². The molecular formula is C13H13N3O5. The Balaban J connectivity index is 2.45. The molecule has 21 heavy (non-hydrogen) atoms. The van der Waals surface area contributed by atoms with Crippen molar-refractivity contribution in [2.75, 3.05) is 18.5 Å². The predicted octanol–water partition coefficient (Wildman–Crippen LogP) is 1.51. The second-order valence-electron chi connectivity index (χ2n) is 4.70. The van der Waals surface area contributed by atoms with Gasteiger partial charge in [0.2, 0.25) is 0 Å². The Kier molecular flexibility index (Phi) is 4.05. The molecular weight excluding hydrogens is 278 g/mol. The van der Waals surface area contributed by atoms with Crippen molar-refractivity contribution in [2.24, 2.45) is 0 Å². The molecule has 8 heteroatoms. The zero-order valence-corrected chi connectivity index (χ0v) is 11.0. The number of carboxylic acids is 1. The van der Waals surface area contributed by atoms with Crippen molar-refractivity contribution < 1.29 is 19.6 Å². The quantitative estimate of drug-likeness (QED) is 0.636. The van der Waals surface area contributed by atoms with E-state index >= 15 is 0 Å². The first-order chi connectivity index (χ1) is 10.00. The molecule has 1 aliphatic rings. The van der Waals surface area contributed by atoms with E-state index in [0.29, 0.717) is 0 Å². The highest BCUT2D eigenvalue weighted by Crippen LogP contribution is 2.33. The van der Waals surface area contributed by atoms with Gasteiger partial charge in [0.25, 0.3) is 0 Å². The molecule has 0 spiro atoms. The summed E-state index contributed by atoms with van der Waals surface area (Å²) >= 11 is 0. The molecule has 1 aliphatic heterocycles. The Hall–Kier alpha value is -2.66. The number of aliphatic carboxylic acids is 1. The Morgan fingerprint density at radius 1 is 1.48 bits per heavy atom. The number of ether oxygens (including phenoxy) is 1. The number of para-hydroxylation sites is 1. The van der Waals surface area contributed by atoms with Gasteiger partial charge in [-0.05, 0) is 12.1 Å². The minimum Gasteiger partial charge on any atom is -0.480 e. The maximum Gasteiger partial charge on any atom is 0.329 e. The van der Waals surface area contributed by atoms with Crippen LogP contribution in [0.1, 0.15) is 18.4 Å².